The Hall–Kier alpha value is -1.07. The molecule has 0 aliphatic rings. The molecule has 0 aliphatic carbocycles. The summed E-state index contributed by atoms with van der Waals surface area (Å²) in [4.78, 5) is 0. The third-order valence-electron chi connectivity index (χ3n) is 2.61. The fraction of sp³-hybridized carbons (Fsp3) is 0.538. The van der Waals surface area contributed by atoms with Gasteiger partial charge in [-0.1, -0.05) is 25.1 Å². The summed E-state index contributed by atoms with van der Waals surface area (Å²) in [6.45, 7) is 6.14. The van der Waals surface area contributed by atoms with Crippen molar-refractivity contribution in [2.45, 2.75) is 32.6 Å². The number of hydrogen-bond acceptors (Lipinski definition) is 2. The monoisotopic (exact) mass is 260 g/mol. The van der Waals surface area contributed by atoms with Crippen LogP contribution in [0.4, 0.5) is 13.2 Å². The van der Waals surface area contributed by atoms with Crippen LogP contribution in [-0.2, 0) is 12.7 Å². The van der Waals surface area contributed by atoms with Crippen LogP contribution in [0.5, 0.6) is 0 Å². The molecule has 0 saturated heterocycles. The van der Waals surface area contributed by atoms with Gasteiger partial charge in [-0.3, -0.25) is 0 Å². The molecule has 0 saturated carbocycles. The first-order chi connectivity index (χ1) is 8.43. The highest BCUT2D eigenvalue weighted by atomic mass is 19.4. The summed E-state index contributed by atoms with van der Waals surface area (Å²) >= 11 is 0. The highest BCUT2D eigenvalue weighted by molar-refractivity contribution is 5.25. The zero-order valence-corrected chi connectivity index (χ0v) is 10.6. The highest BCUT2D eigenvalue weighted by Gasteiger charge is 2.30. The Balaban J connectivity index is 2.52. The molecule has 0 fully saturated rings. The van der Waals surface area contributed by atoms with E-state index in [-0.39, 0.29) is 6.04 Å². The third kappa shape index (κ3) is 5.06. The minimum absolute atomic E-state index is 0.222. The Kier molecular flexibility index (Phi) is 5.62. The van der Waals surface area contributed by atoms with Gasteiger partial charge in [0.25, 0.3) is 0 Å². The van der Waals surface area contributed by atoms with Gasteiger partial charge in [0.15, 0.2) is 0 Å². The second kappa shape index (κ2) is 6.75. The van der Waals surface area contributed by atoms with Crippen LogP contribution in [0.1, 0.15) is 25.0 Å². The molecule has 0 amide bonds. The van der Waals surface area contributed by atoms with E-state index < -0.39 is 11.7 Å². The van der Waals surface area contributed by atoms with Crippen LogP contribution in [0.2, 0.25) is 0 Å². The highest BCUT2D eigenvalue weighted by Crippen LogP contribution is 2.29. The SMILES string of the molecule is CCNCC(C)NCc1cccc(C(F)(F)F)c1. The minimum atomic E-state index is -4.27. The number of rotatable bonds is 6. The molecular formula is C13H19F3N2. The van der Waals surface area contributed by atoms with Crippen molar-refractivity contribution in [3.8, 4) is 0 Å². The summed E-state index contributed by atoms with van der Waals surface area (Å²) in [6.07, 6.45) is -4.27. The molecule has 1 unspecified atom stereocenters. The van der Waals surface area contributed by atoms with Crippen LogP contribution in [0.15, 0.2) is 24.3 Å². The van der Waals surface area contributed by atoms with Crippen LogP contribution >= 0.6 is 0 Å². The van der Waals surface area contributed by atoms with Crippen molar-refractivity contribution < 1.29 is 13.2 Å². The lowest BCUT2D eigenvalue weighted by atomic mass is 10.1. The maximum Gasteiger partial charge on any atom is 0.416 e. The van der Waals surface area contributed by atoms with E-state index in [4.69, 9.17) is 0 Å². The number of hydrogen-bond donors (Lipinski definition) is 2. The topological polar surface area (TPSA) is 24.1 Å². The van der Waals surface area contributed by atoms with Crippen molar-refractivity contribution in [3.05, 3.63) is 35.4 Å². The zero-order chi connectivity index (χ0) is 13.6. The van der Waals surface area contributed by atoms with Gasteiger partial charge in [-0.25, -0.2) is 0 Å². The van der Waals surface area contributed by atoms with Crippen molar-refractivity contribution in [2.24, 2.45) is 0 Å². The van der Waals surface area contributed by atoms with E-state index in [1.165, 1.54) is 12.1 Å². The van der Waals surface area contributed by atoms with Crippen LogP contribution in [0, 0.1) is 0 Å². The van der Waals surface area contributed by atoms with Crippen molar-refractivity contribution >= 4 is 0 Å². The molecule has 102 valence electrons. The van der Waals surface area contributed by atoms with Crippen LogP contribution < -0.4 is 10.6 Å². The average Bonchev–Trinajstić information content (AvgIpc) is 2.33. The first-order valence-corrected chi connectivity index (χ1v) is 6.03. The van der Waals surface area contributed by atoms with E-state index in [1.807, 2.05) is 13.8 Å². The molecule has 0 aliphatic heterocycles. The number of likely N-dealkylation sites (N-methyl/N-ethyl adjacent to an activating group) is 1. The summed E-state index contributed by atoms with van der Waals surface area (Å²) in [6, 6.07) is 5.63. The minimum Gasteiger partial charge on any atom is -0.315 e. The molecular weight excluding hydrogens is 241 g/mol. The quantitative estimate of drug-likeness (QED) is 0.822. The van der Waals surface area contributed by atoms with E-state index in [1.54, 1.807) is 6.07 Å². The van der Waals surface area contributed by atoms with E-state index in [9.17, 15) is 13.2 Å². The molecule has 0 spiro atoms. The lowest BCUT2D eigenvalue weighted by molar-refractivity contribution is -0.137. The maximum absolute atomic E-state index is 12.5. The van der Waals surface area contributed by atoms with Gasteiger partial charge in [-0.2, -0.15) is 13.2 Å². The molecule has 1 atom stereocenters. The van der Waals surface area contributed by atoms with Gasteiger partial charge in [-0.15, -0.1) is 0 Å². The fourth-order valence-electron chi connectivity index (χ4n) is 1.58. The smallest absolute Gasteiger partial charge is 0.315 e. The molecule has 2 nitrogen and oxygen atoms in total. The average molecular weight is 260 g/mol. The van der Waals surface area contributed by atoms with Gasteiger partial charge in [0.1, 0.15) is 0 Å². The zero-order valence-electron chi connectivity index (χ0n) is 10.6. The molecule has 1 aromatic carbocycles. The van der Waals surface area contributed by atoms with Crippen molar-refractivity contribution in [1.82, 2.24) is 10.6 Å². The molecule has 0 heterocycles. The Labute approximate surface area is 106 Å². The Bertz CT molecular complexity index is 363. The van der Waals surface area contributed by atoms with Crippen molar-refractivity contribution in [2.75, 3.05) is 13.1 Å². The molecule has 0 aromatic heterocycles. The molecule has 2 N–H and O–H groups in total. The first-order valence-electron chi connectivity index (χ1n) is 6.03. The lowest BCUT2D eigenvalue weighted by Gasteiger charge is -2.15. The standard InChI is InChI=1S/C13H19F3N2/c1-3-17-8-10(2)18-9-11-5-4-6-12(7-11)13(14,15)16/h4-7,10,17-18H,3,8-9H2,1-2H3. The fourth-order valence-corrected chi connectivity index (χ4v) is 1.58. The Morgan fingerprint density at radius 1 is 1.28 bits per heavy atom. The number of nitrogens with one attached hydrogen (secondary N) is 2. The summed E-state index contributed by atoms with van der Waals surface area (Å²) in [5, 5.41) is 6.36. The Morgan fingerprint density at radius 2 is 2.00 bits per heavy atom. The van der Waals surface area contributed by atoms with Crippen molar-refractivity contribution in [1.29, 1.82) is 0 Å². The van der Waals surface area contributed by atoms with E-state index in [0.29, 0.717) is 12.1 Å². The lowest BCUT2D eigenvalue weighted by Crippen LogP contribution is -2.35. The molecule has 1 aromatic rings. The van der Waals surface area contributed by atoms with Crippen LogP contribution in [0.3, 0.4) is 0 Å². The van der Waals surface area contributed by atoms with Gasteiger partial charge in [0.05, 0.1) is 5.56 Å². The van der Waals surface area contributed by atoms with Gasteiger partial charge < -0.3 is 10.6 Å². The summed E-state index contributed by atoms with van der Waals surface area (Å²) in [7, 11) is 0. The number of alkyl halides is 3. The van der Waals surface area contributed by atoms with Gasteiger partial charge >= 0.3 is 6.18 Å². The molecule has 0 bridgehead atoms. The van der Waals surface area contributed by atoms with Gasteiger partial charge in [0, 0.05) is 19.1 Å². The largest absolute Gasteiger partial charge is 0.416 e. The van der Waals surface area contributed by atoms with Crippen LogP contribution in [-0.4, -0.2) is 19.1 Å². The second-order valence-electron chi connectivity index (χ2n) is 4.29. The molecule has 0 radical (unpaired) electrons. The third-order valence-corrected chi connectivity index (χ3v) is 2.61. The maximum atomic E-state index is 12.5. The van der Waals surface area contributed by atoms with Crippen molar-refractivity contribution in [3.63, 3.8) is 0 Å². The van der Waals surface area contributed by atoms with Gasteiger partial charge in [-0.05, 0) is 25.1 Å². The van der Waals surface area contributed by atoms with E-state index in [2.05, 4.69) is 10.6 Å². The normalized spacial score (nSPS) is 13.6. The van der Waals surface area contributed by atoms with E-state index >= 15 is 0 Å². The predicted molar refractivity (Wildman–Crippen MR) is 66.3 cm³/mol. The van der Waals surface area contributed by atoms with E-state index in [0.717, 1.165) is 19.2 Å². The Morgan fingerprint density at radius 3 is 2.61 bits per heavy atom. The van der Waals surface area contributed by atoms with Crippen LogP contribution in [0.25, 0.3) is 0 Å². The second-order valence-corrected chi connectivity index (χ2v) is 4.29. The summed E-state index contributed by atoms with van der Waals surface area (Å²) < 4.78 is 37.5. The number of halogens is 3. The predicted octanol–water partition coefficient (Wildman–Crippen LogP) is 2.79. The first kappa shape index (κ1) is 15.0. The summed E-state index contributed by atoms with van der Waals surface area (Å²) in [5.41, 5.74) is 0.0503. The molecule has 5 heteroatoms. The summed E-state index contributed by atoms with van der Waals surface area (Å²) in [5.74, 6) is 0. The van der Waals surface area contributed by atoms with Gasteiger partial charge in [0.2, 0.25) is 0 Å². The molecule has 1 rings (SSSR count). The molecule has 18 heavy (non-hydrogen) atoms. The number of benzene rings is 1.